The number of carbonyl (C=O) groups is 1. The second kappa shape index (κ2) is 6.12. The number of para-hydroxylation sites is 1. The second-order valence-corrected chi connectivity index (χ2v) is 4.08. The van der Waals surface area contributed by atoms with Gasteiger partial charge in [0, 0.05) is 6.54 Å². The molecule has 3 N–H and O–H groups in total. The van der Waals surface area contributed by atoms with Crippen molar-refractivity contribution >= 4 is 17.3 Å². The molecule has 1 aromatic carbocycles. The topological polar surface area (TPSA) is 71.2 Å². The van der Waals surface area contributed by atoms with Gasteiger partial charge in [0.25, 0.3) is 5.91 Å². The van der Waals surface area contributed by atoms with E-state index >= 15 is 0 Å². The average Bonchev–Trinajstić information content (AvgIpc) is 2.50. The van der Waals surface area contributed by atoms with Crippen LogP contribution in [0.1, 0.15) is 17.4 Å². The molecule has 0 bridgehead atoms. The van der Waals surface area contributed by atoms with Crippen molar-refractivity contribution in [2.45, 2.75) is 6.92 Å². The number of hydrazine groups is 1. The van der Waals surface area contributed by atoms with Crippen LogP contribution in [0.4, 0.5) is 15.8 Å². The summed E-state index contributed by atoms with van der Waals surface area (Å²) >= 11 is 0. The van der Waals surface area contributed by atoms with Crippen molar-refractivity contribution in [1.29, 1.82) is 0 Å². The van der Waals surface area contributed by atoms with Crippen LogP contribution in [-0.2, 0) is 0 Å². The highest BCUT2D eigenvalue weighted by atomic mass is 19.1. The Morgan fingerprint density at radius 3 is 2.65 bits per heavy atom. The second-order valence-electron chi connectivity index (χ2n) is 4.08. The first-order valence-electron chi connectivity index (χ1n) is 6.16. The number of nitrogens with one attached hydrogen (secondary N) is 1. The summed E-state index contributed by atoms with van der Waals surface area (Å²) in [6.07, 6.45) is 1.45. The molecular formula is C14H15FN4O. The van der Waals surface area contributed by atoms with Gasteiger partial charge in [-0.1, -0.05) is 12.1 Å². The largest absolute Gasteiger partial charge is 0.323 e. The molecule has 0 atom stereocenters. The van der Waals surface area contributed by atoms with Crippen LogP contribution >= 0.6 is 0 Å². The maximum Gasteiger partial charge on any atom is 0.276 e. The number of benzene rings is 1. The lowest BCUT2D eigenvalue weighted by atomic mass is 10.2. The van der Waals surface area contributed by atoms with Crippen molar-refractivity contribution in [2.75, 3.05) is 16.9 Å². The predicted octanol–water partition coefficient (Wildman–Crippen LogP) is 2.17. The number of nitrogens with two attached hydrogens (primary N) is 1. The molecular weight excluding hydrogens is 259 g/mol. The number of hydrogen-bond acceptors (Lipinski definition) is 4. The molecule has 20 heavy (non-hydrogen) atoms. The summed E-state index contributed by atoms with van der Waals surface area (Å²) in [5, 5.41) is 0. The first-order valence-corrected chi connectivity index (χ1v) is 6.16. The summed E-state index contributed by atoms with van der Waals surface area (Å²) < 4.78 is 13.8. The lowest BCUT2D eigenvalue weighted by Gasteiger charge is -2.21. The quantitative estimate of drug-likeness (QED) is 0.662. The van der Waals surface area contributed by atoms with Crippen LogP contribution in [0.5, 0.6) is 0 Å². The van der Waals surface area contributed by atoms with Gasteiger partial charge in [-0.25, -0.2) is 9.37 Å². The number of rotatable bonds is 4. The Balaban J connectivity index is 2.31. The molecule has 0 aliphatic rings. The number of aromatic nitrogens is 1. The number of hydrogen-bond donors (Lipinski definition) is 2. The highest BCUT2D eigenvalue weighted by molar-refractivity contribution is 6.04. The van der Waals surface area contributed by atoms with Crippen LogP contribution in [-0.4, -0.2) is 17.4 Å². The fraction of sp³-hybridized carbons (Fsp3) is 0.143. The Bertz CT molecular complexity index is 600. The van der Waals surface area contributed by atoms with E-state index in [2.05, 4.69) is 10.4 Å². The minimum atomic E-state index is -0.442. The maximum absolute atomic E-state index is 13.8. The maximum atomic E-state index is 13.8. The molecule has 1 amide bonds. The standard InChI is InChI=1S/C14H15FN4O/c1-2-19(13-6-4-3-5-11(13)15)14(20)12-8-7-10(18-16)9-17-12/h3-9,18H,2,16H2,1H3. The molecule has 0 saturated heterocycles. The van der Waals surface area contributed by atoms with Gasteiger partial charge in [0.15, 0.2) is 0 Å². The van der Waals surface area contributed by atoms with E-state index in [1.807, 2.05) is 0 Å². The highest BCUT2D eigenvalue weighted by Gasteiger charge is 2.19. The van der Waals surface area contributed by atoms with E-state index in [9.17, 15) is 9.18 Å². The Labute approximate surface area is 116 Å². The van der Waals surface area contributed by atoms with Gasteiger partial charge in [0.2, 0.25) is 0 Å². The van der Waals surface area contributed by atoms with Gasteiger partial charge >= 0.3 is 0 Å². The van der Waals surface area contributed by atoms with E-state index in [-0.39, 0.29) is 17.3 Å². The van der Waals surface area contributed by atoms with E-state index in [4.69, 9.17) is 5.84 Å². The smallest absolute Gasteiger partial charge is 0.276 e. The van der Waals surface area contributed by atoms with Crippen molar-refractivity contribution in [3.8, 4) is 0 Å². The van der Waals surface area contributed by atoms with Gasteiger partial charge in [-0.05, 0) is 31.2 Å². The first-order chi connectivity index (χ1) is 9.67. The summed E-state index contributed by atoms with van der Waals surface area (Å²) in [5.41, 5.74) is 3.49. The van der Waals surface area contributed by atoms with Crippen LogP contribution in [0.15, 0.2) is 42.6 Å². The number of halogens is 1. The van der Waals surface area contributed by atoms with Gasteiger partial charge in [0.05, 0.1) is 17.6 Å². The van der Waals surface area contributed by atoms with E-state index in [1.165, 1.54) is 17.2 Å². The molecule has 2 rings (SSSR count). The fourth-order valence-corrected chi connectivity index (χ4v) is 1.84. The molecule has 0 fully saturated rings. The van der Waals surface area contributed by atoms with E-state index < -0.39 is 5.82 Å². The summed E-state index contributed by atoms with van der Waals surface area (Å²) in [5.74, 6) is 4.44. The number of carbonyl (C=O) groups excluding carboxylic acids is 1. The molecule has 6 heteroatoms. The number of amides is 1. The van der Waals surface area contributed by atoms with Crippen molar-refractivity contribution in [2.24, 2.45) is 5.84 Å². The van der Waals surface area contributed by atoms with Crippen LogP contribution in [0.3, 0.4) is 0 Å². The molecule has 2 aromatic rings. The summed E-state index contributed by atoms with van der Waals surface area (Å²) in [4.78, 5) is 17.7. The first kappa shape index (κ1) is 14.0. The van der Waals surface area contributed by atoms with E-state index in [1.54, 1.807) is 37.3 Å². The SMILES string of the molecule is CCN(C(=O)c1ccc(NN)cn1)c1ccccc1F. The zero-order valence-electron chi connectivity index (χ0n) is 11.0. The Kier molecular flexibility index (Phi) is 4.27. The van der Waals surface area contributed by atoms with Gasteiger partial charge in [-0.2, -0.15) is 0 Å². The Morgan fingerprint density at radius 1 is 1.35 bits per heavy atom. The number of anilines is 2. The predicted molar refractivity (Wildman–Crippen MR) is 75.8 cm³/mol. The molecule has 0 spiro atoms. The van der Waals surface area contributed by atoms with Gasteiger partial charge in [0.1, 0.15) is 11.5 Å². The minimum absolute atomic E-state index is 0.231. The zero-order valence-corrected chi connectivity index (χ0v) is 11.0. The normalized spacial score (nSPS) is 10.2. The van der Waals surface area contributed by atoms with Gasteiger partial charge in [-0.3, -0.25) is 10.6 Å². The fourth-order valence-electron chi connectivity index (χ4n) is 1.84. The lowest BCUT2D eigenvalue weighted by Crippen LogP contribution is -2.32. The summed E-state index contributed by atoms with van der Waals surface area (Å²) in [6.45, 7) is 2.12. The van der Waals surface area contributed by atoms with Gasteiger partial charge in [-0.15, -0.1) is 0 Å². The monoisotopic (exact) mass is 274 g/mol. The number of nitrogen functional groups attached to an aromatic ring is 1. The molecule has 0 saturated carbocycles. The third-order valence-electron chi connectivity index (χ3n) is 2.85. The van der Waals surface area contributed by atoms with Crippen LogP contribution in [0.25, 0.3) is 0 Å². The van der Waals surface area contributed by atoms with Crippen molar-refractivity contribution in [3.05, 3.63) is 54.1 Å². The summed E-state index contributed by atoms with van der Waals surface area (Å²) in [6, 6.07) is 9.32. The lowest BCUT2D eigenvalue weighted by molar-refractivity contribution is 0.0982. The molecule has 1 heterocycles. The molecule has 0 radical (unpaired) electrons. The Morgan fingerprint density at radius 2 is 2.10 bits per heavy atom. The number of nitrogens with zero attached hydrogens (tertiary/aromatic N) is 2. The van der Waals surface area contributed by atoms with Crippen LogP contribution in [0.2, 0.25) is 0 Å². The van der Waals surface area contributed by atoms with E-state index in [0.717, 1.165) is 0 Å². The zero-order chi connectivity index (χ0) is 14.5. The molecule has 1 aromatic heterocycles. The Hall–Kier alpha value is -2.47. The third-order valence-corrected chi connectivity index (χ3v) is 2.85. The molecule has 0 unspecified atom stereocenters. The average molecular weight is 274 g/mol. The molecule has 104 valence electrons. The van der Waals surface area contributed by atoms with Crippen molar-refractivity contribution in [3.63, 3.8) is 0 Å². The summed E-state index contributed by atoms with van der Waals surface area (Å²) in [7, 11) is 0. The van der Waals surface area contributed by atoms with Crippen LogP contribution in [0, 0.1) is 5.82 Å². The molecule has 0 aliphatic carbocycles. The highest BCUT2D eigenvalue weighted by Crippen LogP contribution is 2.20. The van der Waals surface area contributed by atoms with Crippen molar-refractivity contribution < 1.29 is 9.18 Å². The van der Waals surface area contributed by atoms with Gasteiger partial charge < -0.3 is 10.3 Å². The number of pyridine rings is 1. The third kappa shape index (κ3) is 2.75. The van der Waals surface area contributed by atoms with Crippen molar-refractivity contribution in [1.82, 2.24) is 4.98 Å². The van der Waals surface area contributed by atoms with Crippen LogP contribution < -0.4 is 16.2 Å². The molecule has 5 nitrogen and oxygen atoms in total. The van der Waals surface area contributed by atoms with E-state index in [0.29, 0.717) is 12.2 Å². The molecule has 0 aliphatic heterocycles. The minimum Gasteiger partial charge on any atom is -0.323 e.